The Hall–Kier alpha value is -1.20. The molecule has 0 saturated heterocycles. The van der Waals surface area contributed by atoms with Crippen LogP contribution in [0, 0.1) is 0 Å². The van der Waals surface area contributed by atoms with Crippen molar-refractivity contribution in [1.82, 2.24) is 0 Å². The zero-order valence-corrected chi connectivity index (χ0v) is 7.18. The molecule has 13 heavy (non-hydrogen) atoms. The Balaban J connectivity index is 2.41. The van der Waals surface area contributed by atoms with Gasteiger partial charge in [0.25, 0.3) is 0 Å². The van der Waals surface area contributed by atoms with Crippen molar-refractivity contribution in [1.29, 1.82) is 0 Å². The van der Waals surface area contributed by atoms with E-state index in [1.54, 1.807) is 12.3 Å². The standard InChI is InChI=1S/C8H9BN2O2/c1-5-6-4-10-11-8(6)3-2-7(5)9(12)13/h2-4,8,12-13H,1H3/t8-/m0/s1. The average Bonchev–Trinajstić information content (AvgIpc) is 2.52. The van der Waals surface area contributed by atoms with Crippen molar-refractivity contribution in [2.45, 2.75) is 13.0 Å². The molecule has 4 nitrogen and oxygen atoms in total. The van der Waals surface area contributed by atoms with Crippen LogP contribution in [0.4, 0.5) is 0 Å². The highest BCUT2D eigenvalue weighted by atomic mass is 16.4. The minimum absolute atomic E-state index is 0.0255. The van der Waals surface area contributed by atoms with Crippen LogP contribution in [-0.2, 0) is 0 Å². The molecule has 0 saturated carbocycles. The molecule has 0 aromatic rings. The van der Waals surface area contributed by atoms with Gasteiger partial charge in [-0.05, 0) is 18.0 Å². The molecule has 0 spiro atoms. The maximum Gasteiger partial charge on any atom is 0.488 e. The first-order valence-corrected chi connectivity index (χ1v) is 4.05. The number of hydrogen-bond donors (Lipinski definition) is 2. The van der Waals surface area contributed by atoms with Gasteiger partial charge >= 0.3 is 7.12 Å². The van der Waals surface area contributed by atoms with Crippen LogP contribution in [0.3, 0.4) is 0 Å². The van der Waals surface area contributed by atoms with Crippen LogP contribution in [-0.4, -0.2) is 23.2 Å². The van der Waals surface area contributed by atoms with Crippen molar-refractivity contribution >= 4 is 7.12 Å². The Morgan fingerprint density at radius 3 is 2.92 bits per heavy atom. The summed E-state index contributed by atoms with van der Waals surface area (Å²) in [7, 11) is -1.42. The highest BCUT2D eigenvalue weighted by molar-refractivity contribution is 6.52. The van der Waals surface area contributed by atoms with Gasteiger partial charge in [-0.1, -0.05) is 12.2 Å². The van der Waals surface area contributed by atoms with E-state index in [1.807, 2.05) is 13.0 Å². The first-order valence-electron chi connectivity index (χ1n) is 4.05. The molecule has 0 fully saturated rings. The second kappa shape index (κ2) is 2.94. The third-order valence-corrected chi connectivity index (χ3v) is 2.31. The minimum atomic E-state index is -1.42. The summed E-state index contributed by atoms with van der Waals surface area (Å²) in [5.74, 6) is 0. The molecule has 0 radical (unpaired) electrons. The topological polar surface area (TPSA) is 65.2 Å². The summed E-state index contributed by atoms with van der Waals surface area (Å²) < 4.78 is 0. The van der Waals surface area contributed by atoms with E-state index in [2.05, 4.69) is 10.2 Å². The van der Waals surface area contributed by atoms with Gasteiger partial charge in [0.05, 0.1) is 6.20 Å². The third-order valence-electron chi connectivity index (χ3n) is 2.31. The van der Waals surface area contributed by atoms with Crippen molar-refractivity contribution in [3.63, 3.8) is 0 Å². The molecule has 1 atom stereocenters. The Bertz CT molecular complexity index is 355. The Morgan fingerprint density at radius 2 is 2.23 bits per heavy atom. The van der Waals surface area contributed by atoms with Crippen LogP contribution in [0.15, 0.2) is 45.2 Å². The maximum atomic E-state index is 9.03. The largest absolute Gasteiger partial charge is 0.488 e. The van der Waals surface area contributed by atoms with Crippen molar-refractivity contribution < 1.29 is 10.0 Å². The Kier molecular flexibility index (Phi) is 1.90. The molecule has 1 aliphatic heterocycles. The molecule has 2 aliphatic rings. The Morgan fingerprint density at radius 1 is 1.46 bits per heavy atom. The lowest BCUT2D eigenvalue weighted by Gasteiger charge is -2.16. The van der Waals surface area contributed by atoms with Gasteiger partial charge in [-0.2, -0.15) is 10.2 Å². The Labute approximate surface area is 76.1 Å². The predicted octanol–water partition coefficient (Wildman–Crippen LogP) is 0.603. The number of azo groups is 1. The number of hydrogen-bond acceptors (Lipinski definition) is 4. The quantitative estimate of drug-likeness (QED) is 0.574. The molecule has 2 rings (SSSR count). The zero-order chi connectivity index (χ0) is 9.42. The van der Waals surface area contributed by atoms with Crippen LogP contribution in [0.2, 0.25) is 0 Å². The molecule has 0 aromatic heterocycles. The number of nitrogens with zero attached hydrogens (tertiary/aromatic N) is 2. The summed E-state index contributed by atoms with van der Waals surface area (Å²) in [6, 6.07) is -0.0255. The lowest BCUT2D eigenvalue weighted by atomic mass is 9.72. The van der Waals surface area contributed by atoms with Crippen molar-refractivity contribution in [3.8, 4) is 0 Å². The van der Waals surface area contributed by atoms with Gasteiger partial charge in [0.1, 0.15) is 6.04 Å². The molecular weight excluding hydrogens is 167 g/mol. The van der Waals surface area contributed by atoms with Crippen LogP contribution < -0.4 is 0 Å². The van der Waals surface area contributed by atoms with Crippen molar-refractivity contribution in [2.24, 2.45) is 10.2 Å². The monoisotopic (exact) mass is 176 g/mol. The van der Waals surface area contributed by atoms with Gasteiger partial charge < -0.3 is 10.0 Å². The number of fused-ring (bicyclic) bond motifs is 1. The van der Waals surface area contributed by atoms with Gasteiger partial charge in [-0.3, -0.25) is 0 Å². The SMILES string of the molecule is CC1=C(B(O)O)C=C[C@@H]2N=NC=C12. The average molecular weight is 176 g/mol. The first kappa shape index (κ1) is 8.41. The molecule has 0 bridgehead atoms. The molecule has 0 aromatic carbocycles. The van der Waals surface area contributed by atoms with Crippen molar-refractivity contribution in [3.05, 3.63) is 35.0 Å². The lowest BCUT2D eigenvalue weighted by Crippen LogP contribution is -2.20. The minimum Gasteiger partial charge on any atom is -0.423 e. The summed E-state index contributed by atoms with van der Waals surface area (Å²) in [6.07, 6.45) is 5.16. The zero-order valence-electron chi connectivity index (χ0n) is 7.18. The fourth-order valence-corrected chi connectivity index (χ4v) is 1.53. The van der Waals surface area contributed by atoms with E-state index >= 15 is 0 Å². The smallest absolute Gasteiger partial charge is 0.423 e. The summed E-state index contributed by atoms with van der Waals surface area (Å²) in [5.41, 5.74) is 2.33. The molecule has 0 amide bonds. The predicted molar refractivity (Wildman–Crippen MR) is 48.8 cm³/mol. The fraction of sp³-hybridized carbons (Fsp3) is 0.250. The summed E-state index contributed by atoms with van der Waals surface area (Å²) in [4.78, 5) is 0. The van der Waals surface area contributed by atoms with Crippen LogP contribution >= 0.6 is 0 Å². The molecule has 2 N–H and O–H groups in total. The highest BCUT2D eigenvalue weighted by Crippen LogP contribution is 2.30. The maximum absolute atomic E-state index is 9.03. The van der Waals surface area contributed by atoms with E-state index in [0.717, 1.165) is 11.1 Å². The van der Waals surface area contributed by atoms with Crippen LogP contribution in [0.25, 0.3) is 0 Å². The molecule has 1 heterocycles. The van der Waals surface area contributed by atoms with Crippen LogP contribution in [0.5, 0.6) is 0 Å². The van der Waals surface area contributed by atoms with E-state index in [4.69, 9.17) is 10.0 Å². The van der Waals surface area contributed by atoms with Crippen molar-refractivity contribution in [2.75, 3.05) is 0 Å². The molecule has 0 unspecified atom stereocenters. The normalized spacial score (nSPS) is 24.8. The summed E-state index contributed by atoms with van der Waals surface area (Å²) in [6.45, 7) is 1.84. The second-order valence-corrected chi connectivity index (χ2v) is 3.07. The molecule has 5 heteroatoms. The summed E-state index contributed by atoms with van der Waals surface area (Å²) in [5, 5.41) is 25.8. The van der Waals surface area contributed by atoms with E-state index < -0.39 is 7.12 Å². The lowest BCUT2D eigenvalue weighted by molar-refractivity contribution is 0.420. The van der Waals surface area contributed by atoms with E-state index in [1.165, 1.54) is 0 Å². The number of allylic oxidation sites excluding steroid dienone is 2. The fourth-order valence-electron chi connectivity index (χ4n) is 1.53. The third kappa shape index (κ3) is 1.26. The van der Waals surface area contributed by atoms with Gasteiger partial charge in [0, 0.05) is 5.57 Å². The van der Waals surface area contributed by atoms with E-state index in [-0.39, 0.29) is 6.04 Å². The highest BCUT2D eigenvalue weighted by Gasteiger charge is 2.26. The molecule has 1 aliphatic carbocycles. The molecule has 66 valence electrons. The van der Waals surface area contributed by atoms with Crippen LogP contribution in [0.1, 0.15) is 6.92 Å². The van der Waals surface area contributed by atoms with Gasteiger partial charge in [-0.15, -0.1) is 0 Å². The van der Waals surface area contributed by atoms with E-state index in [9.17, 15) is 0 Å². The van der Waals surface area contributed by atoms with E-state index in [0.29, 0.717) is 5.47 Å². The molecular formula is C8H9BN2O2. The second-order valence-electron chi connectivity index (χ2n) is 3.07. The van der Waals surface area contributed by atoms with Gasteiger partial charge in [-0.25, -0.2) is 0 Å². The number of rotatable bonds is 1. The van der Waals surface area contributed by atoms with Gasteiger partial charge in [0.15, 0.2) is 0 Å². The first-order chi connectivity index (χ1) is 6.20. The summed E-state index contributed by atoms with van der Waals surface area (Å²) >= 11 is 0. The van der Waals surface area contributed by atoms with Gasteiger partial charge in [0.2, 0.25) is 0 Å².